The van der Waals surface area contributed by atoms with Crippen LogP contribution >= 0.6 is 27.7 Å². The first-order valence-electron chi connectivity index (χ1n) is 9.40. The van der Waals surface area contributed by atoms with E-state index in [0.717, 1.165) is 10.0 Å². The molecule has 2 heterocycles. The van der Waals surface area contributed by atoms with E-state index in [0.29, 0.717) is 16.9 Å². The highest BCUT2D eigenvalue weighted by molar-refractivity contribution is 9.10. The van der Waals surface area contributed by atoms with Crippen LogP contribution in [0.25, 0.3) is 0 Å². The van der Waals surface area contributed by atoms with E-state index in [9.17, 15) is 14.0 Å². The van der Waals surface area contributed by atoms with E-state index in [1.165, 1.54) is 17.8 Å². The highest BCUT2D eigenvalue weighted by Gasteiger charge is 2.60. The molecule has 3 aromatic carbocycles. The van der Waals surface area contributed by atoms with Crippen molar-refractivity contribution in [3.8, 4) is 0 Å². The Bertz CT molecular complexity index is 1170. The van der Waals surface area contributed by atoms with E-state index in [-0.39, 0.29) is 29.9 Å². The van der Waals surface area contributed by atoms with Crippen LogP contribution in [0.4, 0.5) is 15.8 Å². The lowest BCUT2D eigenvalue weighted by atomic mass is 10.0. The average Bonchev–Trinajstić information content (AvgIpc) is 3.22. The molecule has 30 heavy (non-hydrogen) atoms. The van der Waals surface area contributed by atoms with Crippen LogP contribution in [0, 0.1) is 5.82 Å². The summed E-state index contributed by atoms with van der Waals surface area (Å²) in [4.78, 5) is 28.8. The molecule has 1 atom stereocenters. The molecule has 0 N–H and O–H groups in total. The normalized spacial score (nSPS) is 20.3. The Morgan fingerprint density at radius 2 is 1.67 bits per heavy atom. The van der Waals surface area contributed by atoms with Gasteiger partial charge >= 0.3 is 0 Å². The second-order valence-corrected chi connectivity index (χ2v) is 9.22. The molecule has 0 aliphatic carbocycles. The number of anilines is 2. The van der Waals surface area contributed by atoms with E-state index < -0.39 is 4.87 Å². The molecule has 0 radical (unpaired) electrons. The minimum atomic E-state index is -1.19. The van der Waals surface area contributed by atoms with Crippen LogP contribution in [0.5, 0.6) is 0 Å². The fourth-order valence-electron chi connectivity index (χ4n) is 4.10. The number of carbonyl (C=O) groups excluding carboxylic acids is 2. The van der Waals surface area contributed by atoms with Crippen molar-refractivity contribution in [3.63, 3.8) is 0 Å². The van der Waals surface area contributed by atoms with Crippen LogP contribution in [0.2, 0.25) is 0 Å². The number of halogens is 2. The van der Waals surface area contributed by atoms with Crippen molar-refractivity contribution in [1.82, 2.24) is 0 Å². The maximum Gasteiger partial charge on any atom is 0.269 e. The van der Waals surface area contributed by atoms with Crippen molar-refractivity contribution >= 4 is 50.9 Å². The number of para-hydroxylation sites is 1. The third-order valence-electron chi connectivity index (χ3n) is 5.43. The van der Waals surface area contributed by atoms with Gasteiger partial charge in [-0.05, 0) is 36.4 Å². The number of nitrogens with zero attached hydrogens (tertiary/aromatic N) is 2. The first-order valence-corrected chi connectivity index (χ1v) is 11.2. The maximum atomic E-state index is 14.3. The monoisotopic (exact) mass is 482 g/mol. The van der Waals surface area contributed by atoms with Crippen molar-refractivity contribution < 1.29 is 14.0 Å². The predicted octanol–water partition coefficient (Wildman–Crippen LogP) is 5.07. The Morgan fingerprint density at radius 1 is 0.967 bits per heavy atom. The summed E-state index contributed by atoms with van der Waals surface area (Å²) in [5.74, 6) is -0.517. The minimum Gasteiger partial charge on any atom is -0.304 e. The van der Waals surface area contributed by atoms with Crippen molar-refractivity contribution in [2.75, 3.05) is 15.6 Å². The van der Waals surface area contributed by atoms with E-state index in [1.54, 1.807) is 28.0 Å². The van der Waals surface area contributed by atoms with E-state index in [2.05, 4.69) is 15.9 Å². The third kappa shape index (κ3) is 2.80. The van der Waals surface area contributed by atoms with Gasteiger partial charge in [-0.15, -0.1) is 11.8 Å². The van der Waals surface area contributed by atoms with E-state index in [1.807, 2.05) is 48.5 Å². The molecule has 7 heteroatoms. The molecular weight excluding hydrogens is 467 g/mol. The Hall–Kier alpha value is -2.64. The van der Waals surface area contributed by atoms with Gasteiger partial charge in [-0.25, -0.2) is 4.39 Å². The van der Waals surface area contributed by atoms with Crippen molar-refractivity contribution in [2.45, 2.75) is 11.4 Å². The maximum absolute atomic E-state index is 14.3. The standard InChI is InChI=1S/C23H16BrFN2O2S/c24-16-9-11-17(12-10-16)27-21(28)14-30-23(27)18-6-2-4-8-20(18)26(22(23)29)13-15-5-1-3-7-19(15)25/h1-12H,13-14H2/t23-/m0/s1. The van der Waals surface area contributed by atoms with E-state index in [4.69, 9.17) is 0 Å². The van der Waals surface area contributed by atoms with Crippen molar-refractivity contribution in [1.29, 1.82) is 0 Å². The van der Waals surface area contributed by atoms with Gasteiger partial charge in [0, 0.05) is 21.3 Å². The molecule has 5 rings (SSSR count). The molecule has 2 aliphatic rings. The Kier molecular flexibility index (Phi) is 4.67. The molecule has 4 nitrogen and oxygen atoms in total. The topological polar surface area (TPSA) is 40.6 Å². The summed E-state index contributed by atoms with van der Waals surface area (Å²) in [6, 6.07) is 21.2. The Balaban J connectivity index is 1.65. The fraction of sp³-hybridized carbons (Fsp3) is 0.130. The molecule has 0 saturated carbocycles. The molecule has 3 aromatic rings. The number of hydrogen-bond acceptors (Lipinski definition) is 3. The second kappa shape index (κ2) is 7.25. The van der Waals surface area contributed by atoms with E-state index >= 15 is 0 Å². The number of fused-ring (bicyclic) bond motifs is 2. The lowest BCUT2D eigenvalue weighted by molar-refractivity contribution is -0.123. The highest BCUT2D eigenvalue weighted by Crippen LogP contribution is 2.56. The zero-order chi connectivity index (χ0) is 20.9. The zero-order valence-corrected chi connectivity index (χ0v) is 18.1. The molecule has 0 aromatic heterocycles. The third-order valence-corrected chi connectivity index (χ3v) is 7.35. The smallest absolute Gasteiger partial charge is 0.269 e. The summed E-state index contributed by atoms with van der Waals surface area (Å²) in [6.07, 6.45) is 0. The second-order valence-electron chi connectivity index (χ2n) is 7.14. The summed E-state index contributed by atoms with van der Waals surface area (Å²) in [7, 11) is 0. The number of carbonyl (C=O) groups is 2. The Labute approximate surface area is 185 Å². The summed E-state index contributed by atoms with van der Waals surface area (Å²) in [5, 5.41) is 0. The van der Waals surface area contributed by atoms with Crippen LogP contribution in [0.15, 0.2) is 77.3 Å². The summed E-state index contributed by atoms with van der Waals surface area (Å²) in [5.41, 5.74) is 2.55. The van der Waals surface area contributed by atoms with Crippen LogP contribution < -0.4 is 9.80 Å². The molecule has 2 aliphatic heterocycles. The summed E-state index contributed by atoms with van der Waals surface area (Å²) >= 11 is 4.73. The zero-order valence-electron chi connectivity index (χ0n) is 15.7. The SMILES string of the molecule is O=C1CS[C@@]2(C(=O)N(Cc3ccccc3F)c3ccccc32)N1c1ccc(Br)cc1. The van der Waals surface area contributed by atoms with Gasteiger partial charge in [0.2, 0.25) is 10.8 Å². The Morgan fingerprint density at radius 3 is 2.43 bits per heavy atom. The lowest BCUT2D eigenvalue weighted by Gasteiger charge is -2.33. The van der Waals surface area contributed by atoms with Crippen LogP contribution in [0.3, 0.4) is 0 Å². The van der Waals surface area contributed by atoms with Gasteiger partial charge in [0.25, 0.3) is 5.91 Å². The van der Waals surface area contributed by atoms with Crippen LogP contribution in [-0.2, 0) is 21.0 Å². The molecule has 1 saturated heterocycles. The summed E-state index contributed by atoms with van der Waals surface area (Å²) in [6.45, 7) is 0.104. The molecule has 150 valence electrons. The first-order chi connectivity index (χ1) is 14.5. The van der Waals surface area contributed by atoms with Crippen molar-refractivity contribution in [3.05, 3.63) is 94.2 Å². The molecule has 1 fully saturated rings. The van der Waals surface area contributed by atoms with Gasteiger partial charge in [0.05, 0.1) is 18.0 Å². The van der Waals surface area contributed by atoms with Gasteiger partial charge in [-0.2, -0.15) is 0 Å². The average molecular weight is 483 g/mol. The number of benzene rings is 3. The molecule has 1 spiro atoms. The predicted molar refractivity (Wildman–Crippen MR) is 120 cm³/mol. The first kappa shape index (κ1) is 19.3. The number of amides is 2. The van der Waals surface area contributed by atoms with Gasteiger partial charge in [0.15, 0.2) is 0 Å². The van der Waals surface area contributed by atoms with Crippen LogP contribution in [-0.4, -0.2) is 17.6 Å². The number of thioether (sulfide) groups is 1. The lowest BCUT2D eigenvalue weighted by Crippen LogP contribution is -2.49. The number of hydrogen-bond donors (Lipinski definition) is 0. The van der Waals surface area contributed by atoms with Gasteiger partial charge in [0.1, 0.15) is 5.82 Å². The molecular formula is C23H16BrFN2O2S. The molecule has 0 bridgehead atoms. The van der Waals surface area contributed by atoms with Gasteiger partial charge < -0.3 is 4.90 Å². The summed E-state index contributed by atoms with van der Waals surface area (Å²) < 4.78 is 15.2. The van der Waals surface area contributed by atoms with Gasteiger partial charge in [-0.1, -0.05) is 52.3 Å². The van der Waals surface area contributed by atoms with Crippen molar-refractivity contribution in [2.24, 2.45) is 0 Å². The number of rotatable bonds is 3. The largest absolute Gasteiger partial charge is 0.304 e. The van der Waals surface area contributed by atoms with Gasteiger partial charge in [-0.3, -0.25) is 14.5 Å². The minimum absolute atomic E-state index is 0.104. The quantitative estimate of drug-likeness (QED) is 0.523. The van der Waals surface area contributed by atoms with Crippen LogP contribution in [0.1, 0.15) is 11.1 Å². The molecule has 0 unspecified atom stereocenters. The highest BCUT2D eigenvalue weighted by atomic mass is 79.9. The fourth-order valence-corrected chi connectivity index (χ4v) is 5.72. The molecule has 2 amide bonds.